The molecule has 0 amide bonds. The van der Waals surface area contributed by atoms with Crippen LogP contribution in [0.15, 0.2) is 84.4 Å². The van der Waals surface area contributed by atoms with Crippen LogP contribution in [-0.2, 0) is 21.5 Å². The highest BCUT2D eigenvalue weighted by Gasteiger charge is 2.25. The summed E-state index contributed by atoms with van der Waals surface area (Å²) < 4.78 is 37.8. The molecule has 15 heteroatoms. The number of benzene rings is 1. The molecule has 6 heterocycles. The van der Waals surface area contributed by atoms with E-state index in [0.717, 1.165) is 11.6 Å². The number of aryl methyl sites for hydroxylation is 1. The second-order valence-corrected chi connectivity index (χ2v) is 21.2. The Hall–Kier alpha value is -5.12. The molecule has 1 atom stereocenters. The van der Waals surface area contributed by atoms with Crippen molar-refractivity contribution >= 4 is 51.4 Å². The highest BCUT2D eigenvalue weighted by molar-refractivity contribution is 7.89. The fourth-order valence-corrected chi connectivity index (χ4v) is 7.76. The minimum absolute atomic E-state index is 0.182. The van der Waals surface area contributed by atoms with Crippen molar-refractivity contribution in [1.82, 2.24) is 37.7 Å². The van der Waals surface area contributed by atoms with E-state index in [1.807, 2.05) is 61.0 Å². The third-order valence-corrected chi connectivity index (χ3v) is 11.5. The number of hydrogen-bond acceptors (Lipinski definition) is 9. The number of ether oxygens (including phenoxy) is 1. The zero-order valence-electron chi connectivity index (χ0n) is 28.8. The zero-order chi connectivity index (χ0) is 35.4. The molecule has 7 aromatic rings. The van der Waals surface area contributed by atoms with Crippen LogP contribution in [0.2, 0.25) is 25.7 Å². The van der Waals surface area contributed by atoms with Gasteiger partial charge in [0.05, 0.1) is 34.6 Å². The van der Waals surface area contributed by atoms with Crippen LogP contribution in [0.4, 0.5) is 5.82 Å². The molecule has 50 heavy (non-hydrogen) atoms. The molecular weight excluding hydrogens is 671 g/mol. The van der Waals surface area contributed by atoms with Gasteiger partial charge in [-0.2, -0.15) is 5.10 Å². The summed E-state index contributed by atoms with van der Waals surface area (Å²) in [4.78, 5) is 28.1. The molecule has 0 saturated heterocycles. The lowest BCUT2D eigenvalue weighted by Crippen LogP contribution is -2.29. The number of nitrogens with one attached hydrogen (secondary N) is 1. The number of fused-ring (bicyclic) bond motifs is 3. The van der Waals surface area contributed by atoms with Crippen LogP contribution in [0, 0.1) is 6.92 Å². The summed E-state index contributed by atoms with van der Waals surface area (Å²) in [5, 5.41) is 9.78. The standard InChI is InChI=1S/C35H39N9O4SSi/c1-23-13-16-42-31(23)35(45)44(25-10-8-7-9-11-25)33(40-42)24(2)39-32-29-27(30-26-14-17-43(49(3,46)47)28(26)12-15-36-30)20-41(34(29)38-21-37-32)22-48-18-19-50(4,5)6/h7-17,20-21,24H,18-19,22H2,1-6H3,(H,37,38,39)/t24-/m0/s1. The van der Waals surface area contributed by atoms with Gasteiger partial charge in [0.2, 0.25) is 10.0 Å². The van der Waals surface area contributed by atoms with E-state index >= 15 is 0 Å². The molecule has 0 aliphatic rings. The first-order valence-corrected chi connectivity index (χ1v) is 21.9. The van der Waals surface area contributed by atoms with Gasteiger partial charge in [0, 0.05) is 50.4 Å². The summed E-state index contributed by atoms with van der Waals surface area (Å²) in [6.07, 6.45) is 9.51. The largest absolute Gasteiger partial charge is 0.361 e. The zero-order valence-corrected chi connectivity index (χ0v) is 30.6. The van der Waals surface area contributed by atoms with Crippen molar-refractivity contribution in [2.45, 2.75) is 52.3 Å². The third kappa shape index (κ3) is 6.12. The van der Waals surface area contributed by atoms with Crippen molar-refractivity contribution in [1.29, 1.82) is 0 Å². The topological polar surface area (TPSA) is 143 Å². The van der Waals surface area contributed by atoms with E-state index in [-0.39, 0.29) is 12.3 Å². The van der Waals surface area contributed by atoms with Crippen molar-refractivity contribution in [3.8, 4) is 16.9 Å². The average molecular weight is 710 g/mol. The van der Waals surface area contributed by atoms with Crippen LogP contribution in [0.25, 0.3) is 44.4 Å². The molecule has 13 nitrogen and oxygen atoms in total. The lowest BCUT2D eigenvalue weighted by atomic mass is 10.1. The number of aromatic nitrogens is 8. The summed E-state index contributed by atoms with van der Waals surface area (Å²) in [5.74, 6) is 0.981. The normalized spacial score (nSPS) is 13.1. The highest BCUT2D eigenvalue weighted by atomic mass is 32.2. The van der Waals surface area contributed by atoms with Gasteiger partial charge in [-0.3, -0.25) is 14.3 Å². The van der Waals surface area contributed by atoms with Gasteiger partial charge in [-0.1, -0.05) is 37.8 Å². The first-order valence-electron chi connectivity index (χ1n) is 16.3. The predicted octanol–water partition coefficient (Wildman–Crippen LogP) is 5.85. The molecule has 0 spiro atoms. The molecule has 0 radical (unpaired) electrons. The van der Waals surface area contributed by atoms with E-state index in [1.54, 1.807) is 33.6 Å². The molecule has 258 valence electrons. The molecule has 0 bridgehead atoms. The van der Waals surface area contributed by atoms with Gasteiger partial charge in [0.1, 0.15) is 30.0 Å². The van der Waals surface area contributed by atoms with E-state index in [0.29, 0.717) is 62.6 Å². The summed E-state index contributed by atoms with van der Waals surface area (Å²) in [6.45, 7) is 11.6. The van der Waals surface area contributed by atoms with Crippen LogP contribution >= 0.6 is 0 Å². The van der Waals surface area contributed by atoms with Gasteiger partial charge in [0.25, 0.3) is 5.56 Å². The number of hydrogen-bond donors (Lipinski definition) is 1. The Morgan fingerprint density at radius 2 is 1.78 bits per heavy atom. The van der Waals surface area contributed by atoms with E-state index in [4.69, 9.17) is 19.8 Å². The van der Waals surface area contributed by atoms with E-state index in [2.05, 4.69) is 29.9 Å². The number of nitrogens with zero attached hydrogens (tertiary/aromatic N) is 8. The third-order valence-electron chi connectivity index (χ3n) is 8.74. The highest BCUT2D eigenvalue weighted by Crippen LogP contribution is 2.38. The van der Waals surface area contributed by atoms with Crippen LogP contribution in [-0.4, -0.2) is 67.0 Å². The Morgan fingerprint density at radius 3 is 2.52 bits per heavy atom. The lowest BCUT2D eigenvalue weighted by Gasteiger charge is -2.20. The summed E-state index contributed by atoms with van der Waals surface area (Å²) >= 11 is 0. The molecular formula is C35H39N9O4SSi. The molecule has 1 aromatic carbocycles. The van der Waals surface area contributed by atoms with Crippen molar-refractivity contribution in [3.05, 3.63) is 101 Å². The van der Waals surface area contributed by atoms with Crippen LogP contribution in [0.3, 0.4) is 0 Å². The Morgan fingerprint density at radius 1 is 1.00 bits per heavy atom. The molecule has 0 aliphatic heterocycles. The van der Waals surface area contributed by atoms with E-state index in [1.165, 1.54) is 22.8 Å². The van der Waals surface area contributed by atoms with E-state index < -0.39 is 24.1 Å². The number of rotatable bonds is 11. The maximum Gasteiger partial charge on any atom is 0.282 e. The van der Waals surface area contributed by atoms with Crippen LogP contribution in [0.1, 0.15) is 24.4 Å². The molecule has 7 rings (SSSR count). The second kappa shape index (κ2) is 12.6. The lowest BCUT2D eigenvalue weighted by molar-refractivity contribution is 0.0899. The smallest absolute Gasteiger partial charge is 0.282 e. The fraction of sp³-hybridized carbons (Fsp3) is 0.286. The van der Waals surface area contributed by atoms with Crippen molar-refractivity contribution in [2.24, 2.45) is 0 Å². The Labute approximate surface area is 290 Å². The van der Waals surface area contributed by atoms with Crippen LogP contribution in [0.5, 0.6) is 0 Å². The Balaban J connectivity index is 1.38. The monoisotopic (exact) mass is 709 g/mol. The minimum Gasteiger partial charge on any atom is -0.361 e. The van der Waals surface area contributed by atoms with Gasteiger partial charge in [-0.15, -0.1) is 0 Å². The molecule has 6 aromatic heterocycles. The van der Waals surface area contributed by atoms with Crippen molar-refractivity contribution in [2.75, 3.05) is 18.2 Å². The van der Waals surface area contributed by atoms with Crippen molar-refractivity contribution in [3.63, 3.8) is 0 Å². The minimum atomic E-state index is -3.56. The SMILES string of the molecule is Cc1ccn2nc([C@H](C)Nc3ncnc4c3c(-c3nccc5c3ccn5S(C)(=O)=O)cn4COCC[Si](C)(C)C)n(-c3ccccc3)c(=O)c12. The first kappa shape index (κ1) is 33.4. The summed E-state index contributed by atoms with van der Waals surface area (Å²) in [7, 11) is -4.87. The average Bonchev–Trinajstić information content (AvgIpc) is 3.78. The molecule has 0 aliphatic carbocycles. The van der Waals surface area contributed by atoms with E-state index in [9.17, 15) is 13.2 Å². The summed E-state index contributed by atoms with van der Waals surface area (Å²) in [6, 6.07) is 15.3. The predicted molar refractivity (Wildman–Crippen MR) is 198 cm³/mol. The Bertz CT molecular complexity index is 2550. The maximum absolute atomic E-state index is 14.0. The molecule has 1 N–H and O–H groups in total. The quantitative estimate of drug-likeness (QED) is 0.129. The van der Waals surface area contributed by atoms with Gasteiger partial charge in [-0.05, 0) is 55.8 Å². The summed E-state index contributed by atoms with van der Waals surface area (Å²) in [5.41, 5.74) is 4.25. The van der Waals surface area contributed by atoms with Gasteiger partial charge in [-0.25, -0.2) is 26.9 Å². The number of pyridine rings is 1. The number of para-hydroxylation sites is 1. The number of anilines is 1. The first-order chi connectivity index (χ1) is 23.8. The van der Waals surface area contributed by atoms with Gasteiger partial charge in [0.15, 0.2) is 5.82 Å². The van der Waals surface area contributed by atoms with Gasteiger partial charge < -0.3 is 14.6 Å². The van der Waals surface area contributed by atoms with Gasteiger partial charge >= 0.3 is 0 Å². The Kier molecular flexibility index (Phi) is 8.44. The molecule has 0 fully saturated rings. The molecule has 0 unspecified atom stereocenters. The van der Waals surface area contributed by atoms with Crippen LogP contribution < -0.4 is 10.9 Å². The fourth-order valence-electron chi connectivity index (χ4n) is 6.21. The maximum atomic E-state index is 14.0. The molecule has 0 saturated carbocycles. The second-order valence-electron chi connectivity index (χ2n) is 13.7. The van der Waals surface area contributed by atoms with Crippen molar-refractivity contribution < 1.29 is 13.2 Å².